The maximum atomic E-state index is 14.7. The third-order valence-corrected chi connectivity index (χ3v) is 6.65. The van der Waals surface area contributed by atoms with Crippen LogP contribution in [0.5, 0.6) is 5.75 Å². The number of nitrogens with zero attached hydrogens (tertiary/aromatic N) is 1. The molecule has 29 heavy (non-hydrogen) atoms. The van der Waals surface area contributed by atoms with E-state index >= 15 is 0 Å². The zero-order chi connectivity index (χ0) is 20.0. The molecule has 2 fully saturated rings. The van der Waals surface area contributed by atoms with Crippen LogP contribution in [0.4, 0.5) is 14.5 Å². The standard InChI is InChI=1S/C23H25ClF2N2O/c24-15-11-18(25)22(19(26)12-15)14-9-16-17-13-27-6-5-21(17)29-23(16)20(10-14)28-7-3-1-2-4-8-28/h9-12,17,21,27H,1-8,13H2. The molecule has 0 aliphatic carbocycles. The summed E-state index contributed by atoms with van der Waals surface area (Å²) >= 11 is 5.85. The minimum atomic E-state index is -0.631. The van der Waals surface area contributed by atoms with Crippen LogP contribution in [0.1, 0.15) is 43.6 Å². The van der Waals surface area contributed by atoms with Gasteiger partial charge in [0.1, 0.15) is 23.5 Å². The van der Waals surface area contributed by atoms with E-state index in [1.54, 1.807) is 0 Å². The molecule has 0 radical (unpaired) electrons. The molecule has 2 atom stereocenters. The zero-order valence-corrected chi connectivity index (χ0v) is 17.1. The van der Waals surface area contributed by atoms with Gasteiger partial charge in [-0.2, -0.15) is 0 Å². The Labute approximate surface area is 175 Å². The van der Waals surface area contributed by atoms with Crippen molar-refractivity contribution in [2.75, 3.05) is 31.1 Å². The third-order valence-electron chi connectivity index (χ3n) is 6.43. The maximum Gasteiger partial charge on any atom is 0.146 e. The van der Waals surface area contributed by atoms with Crippen LogP contribution in [0, 0.1) is 11.6 Å². The second-order valence-corrected chi connectivity index (χ2v) is 8.75. The topological polar surface area (TPSA) is 24.5 Å². The minimum absolute atomic E-state index is 0.0134. The quantitative estimate of drug-likeness (QED) is 0.696. The molecular formula is C23H25ClF2N2O. The molecule has 6 heteroatoms. The molecule has 3 aliphatic heterocycles. The fraction of sp³-hybridized carbons (Fsp3) is 0.478. The first kappa shape index (κ1) is 19.1. The summed E-state index contributed by atoms with van der Waals surface area (Å²) in [4.78, 5) is 2.34. The van der Waals surface area contributed by atoms with Gasteiger partial charge in [-0.3, -0.25) is 0 Å². The van der Waals surface area contributed by atoms with Crippen molar-refractivity contribution in [3.05, 3.63) is 46.5 Å². The van der Waals surface area contributed by atoms with E-state index in [2.05, 4.69) is 10.2 Å². The number of hydrogen-bond acceptors (Lipinski definition) is 3. The van der Waals surface area contributed by atoms with Crippen LogP contribution in [-0.2, 0) is 0 Å². The lowest BCUT2D eigenvalue weighted by molar-refractivity contribution is 0.172. The average Bonchev–Trinajstić information content (AvgIpc) is 2.86. The summed E-state index contributed by atoms with van der Waals surface area (Å²) < 4.78 is 35.9. The van der Waals surface area contributed by atoms with Crippen LogP contribution in [0.2, 0.25) is 5.02 Å². The summed E-state index contributed by atoms with van der Waals surface area (Å²) in [7, 11) is 0. The number of ether oxygens (including phenoxy) is 1. The summed E-state index contributed by atoms with van der Waals surface area (Å²) in [5.74, 6) is -0.144. The molecule has 2 unspecified atom stereocenters. The average molecular weight is 419 g/mol. The van der Waals surface area contributed by atoms with E-state index in [1.807, 2.05) is 12.1 Å². The van der Waals surface area contributed by atoms with Crippen molar-refractivity contribution in [1.29, 1.82) is 0 Å². The molecule has 0 aromatic heterocycles. The van der Waals surface area contributed by atoms with E-state index in [0.29, 0.717) is 5.56 Å². The van der Waals surface area contributed by atoms with Gasteiger partial charge < -0.3 is 15.0 Å². The van der Waals surface area contributed by atoms with E-state index in [0.717, 1.165) is 62.4 Å². The van der Waals surface area contributed by atoms with Gasteiger partial charge in [0, 0.05) is 36.1 Å². The van der Waals surface area contributed by atoms with E-state index < -0.39 is 11.6 Å². The molecule has 154 valence electrons. The Morgan fingerprint density at radius 1 is 1.00 bits per heavy atom. The van der Waals surface area contributed by atoms with E-state index in [4.69, 9.17) is 16.3 Å². The molecule has 0 amide bonds. The molecule has 0 spiro atoms. The normalized spacial score (nSPS) is 23.9. The minimum Gasteiger partial charge on any atom is -0.487 e. The van der Waals surface area contributed by atoms with Crippen LogP contribution in [0.3, 0.4) is 0 Å². The highest BCUT2D eigenvalue weighted by Gasteiger charge is 2.39. The first-order chi connectivity index (χ1) is 14.1. The van der Waals surface area contributed by atoms with Gasteiger partial charge >= 0.3 is 0 Å². The lowest BCUT2D eigenvalue weighted by Gasteiger charge is -2.26. The van der Waals surface area contributed by atoms with Gasteiger partial charge in [-0.15, -0.1) is 0 Å². The van der Waals surface area contributed by atoms with E-state index in [9.17, 15) is 8.78 Å². The fourth-order valence-electron chi connectivity index (χ4n) is 4.99. The zero-order valence-electron chi connectivity index (χ0n) is 16.3. The monoisotopic (exact) mass is 418 g/mol. The number of rotatable bonds is 2. The van der Waals surface area contributed by atoms with Gasteiger partial charge in [0.2, 0.25) is 0 Å². The third kappa shape index (κ3) is 3.49. The van der Waals surface area contributed by atoms with E-state index in [-0.39, 0.29) is 22.6 Å². The lowest BCUT2D eigenvalue weighted by atomic mass is 9.88. The van der Waals surface area contributed by atoms with Crippen molar-refractivity contribution < 1.29 is 13.5 Å². The smallest absolute Gasteiger partial charge is 0.146 e. The van der Waals surface area contributed by atoms with Gasteiger partial charge in [0.05, 0.1) is 11.3 Å². The van der Waals surface area contributed by atoms with Crippen molar-refractivity contribution in [3.63, 3.8) is 0 Å². The molecule has 5 rings (SSSR count). The molecule has 3 nitrogen and oxygen atoms in total. The first-order valence-electron chi connectivity index (χ1n) is 10.6. The molecule has 2 aromatic carbocycles. The second-order valence-electron chi connectivity index (χ2n) is 8.32. The number of anilines is 1. The summed E-state index contributed by atoms with van der Waals surface area (Å²) in [5.41, 5.74) is 2.58. The Balaban J connectivity index is 1.67. The van der Waals surface area contributed by atoms with Crippen molar-refractivity contribution in [3.8, 4) is 16.9 Å². The van der Waals surface area contributed by atoms with Crippen LogP contribution >= 0.6 is 11.6 Å². The first-order valence-corrected chi connectivity index (χ1v) is 10.9. The van der Waals surface area contributed by atoms with Crippen LogP contribution in [-0.4, -0.2) is 32.3 Å². The van der Waals surface area contributed by atoms with Gasteiger partial charge in [-0.1, -0.05) is 24.4 Å². The van der Waals surface area contributed by atoms with Crippen LogP contribution in [0.15, 0.2) is 24.3 Å². The second kappa shape index (κ2) is 7.77. The van der Waals surface area contributed by atoms with Crippen LogP contribution in [0.25, 0.3) is 11.1 Å². The van der Waals surface area contributed by atoms with Crippen molar-refractivity contribution in [2.24, 2.45) is 0 Å². The summed E-state index contributed by atoms with van der Waals surface area (Å²) in [6.45, 7) is 3.64. The fourth-order valence-corrected chi connectivity index (χ4v) is 5.18. The summed E-state index contributed by atoms with van der Waals surface area (Å²) in [5, 5.41) is 3.50. The largest absolute Gasteiger partial charge is 0.487 e. The number of benzene rings is 2. The molecular weight excluding hydrogens is 394 g/mol. The Bertz CT molecular complexity index is 904. The predicted molar refractivity (Wildman–Crippen MR) is 112 cm³/mol. The summed E-state index contributed by atoms with van der Waals surface area (Å²) in [6.07, 6.45) is 5.75. The SMILES string of the molecule is Fc1cc(Cl)cc(F)c1-c1cc2c(c(N3CCCCCC3)c1)OC1CCNCC21. The Morgan fingerprint density at radius 3 is 2.45 bits per heavy atom. The molecule has 2 saturated heterocycles. The van der Waals surface area contributed by atoms with Crippen molar-refractivity contribution in [2.45, 2.75) is 44.1 Å². The molecule has 3 heterocycles. The molecule has 3 aliphatic rings. The molecule has 2 aromatic rings. The Morgan fingerprint density at radius 2 is 1.72 bits per heavy atom. The predicted octanol–water partition coefficient (Wildman–Crippen LogP) is 5.50. The number of nitrogens with one attached hydrogen (secondary N) is 1. The number of piperidine rings is 1. The highest BCUT2D eigenvalue weighted by molar-refractivity contribution is 6.30. The number of halogens is 3. The Hall–Kier alpha value is -1.85. The highest BCUT2D eigenvalue weighted by atomic mass is 35.5. The highest BCUT2D eigenvalue weighted by Crippen LogP contribution is 2.49. The lowest BCUT2D eigenvalue weighted by Crippen LogP contribution is -2.37. The van der Waals surface area contributed by atoms with Gasteiger partial charge in [0.25, 0.3) is 0 Å². The molecule has 0 saturated carbocycles. The van der Waals surface area contributed by atoms with Gasteiger partial charge in [0.15, 0.2) is 0 Å². The van der Waals surface area contributed by atoms with Crippen molar-refractivity contribution in [1.82, 2.24) is 5.32 Å². The van der Waals surface area contributed by atoms with Gasteiger partial charge in [-0.05, 0) is 55.6 Å². The van der Waals surface area contributed by atoms with Gasteiger partial charge in [-0.25, -0.2) is 8.78 Å². The number of hydrogen-bond donors (Lipinski definition) is 1. The Kier molecular flexibility index (Phi) is 5.12. The van der Waals surface area contributed by atoms with E-state index in [1.165, 1.54) is 25.0 Å². The molecule has 1 N–H and O–H groups in total. The van der Waals surface area contributed by atoms with Crippen LogP contribution < -0.4 is 15.0 Å². The van der Waals surface area contributed by atoms with Crippen molar-refractivity contribution >= 4 is 17.3 Å². The maximum absolute atomic E-state index is 14.7. The number of fused-ring (bicyclic) bond motifs is 3. The molecule has 0 bridgehead atoms. The summed E-state index contributed by atoms with van der Waals surface area (Å²) in [6, 6.07) is 6.19.